The molecule has 0 aromatic rings. The summed E-state index contributed by atoms with van der Waals surface area (Å²) in [6, 6.07) is 0. The Kier molecular flexibility index (Phi) is 2.71. The Hall–Kier alpha value is -1.12. The monoisotopic (exact) mass is 288 g/mol. The molecule has 0 N–H and O–H groups in total. The highest BCUT2D eigenvalue weighted by atomic mass is 16.5. The van der Waals surface area contributed by atoms with E-state index in [0.29, 0.717) is 30.6 Å². The lowest BCUT2D eigenvalue weighted by Gasteiger charge is -2.55. The standard InChI is InChI=1S/C18H24O3/c1-17-7-4-3-5-13(17)15(19)9-11-12(17)6-8-18(2)14(11)10-21-16(18)20/h5,11-12,14H,3-4,6-10H2,1-2H3/t11-,12+,14+,17-,18+/m1/s1. The minimum Gasteiger partial charge on any atom is -0.465 e. The van der Waals surface area contributed by atoms with Gasteiger partial charge in [-0.1, -0.05) is 13.0 Å². The molecule has 0 unspecified atom stereocenters. The lowest BCUT2D eigenvalue weighted by Crippen LogP contribution is -2.53. The second kappa shape index (κ2) is 4.21. The van der Waals surface area contributed by atoms with Gasteiger partial charge in [-0.3, -0.25) is 9.59 Å². The average molecular weight is 288 g/mol. The summed E-state index contributed by atoms with van der Waals surface area (Å²) in [5.41, 5.74) is 0.808. The molecule has 21 heavy (non-hydrogen) atoms. The third kappa shape index (κ3) is 1.61. The maximum Gasteiger partial charge on any atom is 0.312 e. The Bertz CT molecular complexity index is 549. The zero-order chi connectivity index (χ0) is 14.8. The summed E-state index contributed by atoms with van der Waals surface area (Å²) in [5.74, 6) is 1.43. The van der Waals surface area contributed by atoms with Crippen LogP contribution in [0.15, 0.2) is 11.6 Å². The van der Waals surface area contributed by atoms with E-state index in [1.807, 2.05) is 0 Å². The van der Waals surface area contributed by atoms with E-state index < -0.39 is 0 Å². The summed E-state index contributed by atoms with van der Waals surface area (Å²) < 4.78 is 5.39. The van der Waals surface area contributed by atoms with Crippen molar-refractivity contribution in [2.75, 3.05) is 6.61 Å². The summed E-state index contributed by atoms with van der Waals surface area (Å²) in [6.45, 7) is 4.88. The lowest BCUT2D eigenvalue weighted by atomic mass is 9.47. The molecule has 2 saturated carbocycles. The largest absolute Gasteiger partial charge is 0.465 e. The Morgan fingerprint density at radius 3 is 2.76 bits per heavy atom. The van der Waals surface area contributed by atoms with Gasteiger partial charge >= 0.3 is 5.97 Å². The number of ketones is 1. The minimum absolute atomic E-state index is 0.0338. The van der Waals surface area contributed by atoms with Gasteiger partial charge in [0.05, 0.1) is 12.0 Å². The van der Waals surface area contributed by atoms with Crippen LogP contribution in [0.3, 0.4) is 0 Å². The number of Topliss-reactive ketones (excluding diaryl/α,β-unsaturated/α-hetero) is 1. The number of rotatable bonds is 0. The summed E-state index contributed by atoms with van der Waals surface area (Å²) in [7, 11) is 0. The number of cyclic esters (lactones) is 1. The molecule has 0 aromatic carbocycles. The van der Waals surface area contributed by atoms with E-state index >= 15 is 0 Å². The van der Waals surface area contributed by atoms with Crippen molar-refractivity contribution >= 4 is 11.8 Å². The first-order valence-electron chi connectivity index (χ1n) is 8.38. The van der Waals surface area contributed by atoms with E-state index in [1.165, 1.54) is 6.42 Å². The van der Waals surface area contributed by atoms with Crippen LogP contribution in [0.25, 0.3) is 0 Å². The van der Waals surface area contributed by atoms with Crippen molar-refractivity contribution in [3.8, 4) is 0 Å². The van der Waals surface area contributed by atoms with Gasteiger partial charge in [-0.05, 0) is 61.9 Å². The number of allylic oxidation sites excluding steroid dienone is 2. The summed E-state index contributed by atoms with van der Waals surface area (Å²) in [6.07, 6.45) is 8.19. The fourth-order valence-corrected chi connectivity index (χ4v) is 5.80. The number of ether oxygens (including phenoxy) is 1. The fraction of sp³-hybridized carbons (Fsp3) is 0.778. The first kappa shape index (κ1) is 13.5. The van der Waals surface area contributed by atoms with Crippen molar-refractivity contribution in [2.24, 2.45) is 28.6 Å². The Morgan fingerprint density at radius 2 is 1.95 bits per heavy atom. The second-order valence-corrected chi connectivity index (χ2v) is 7.99. The lowest BCUT2D eigenvalue weighted by molar-refractivity contribution is -0.149. The van der Waals surface area contributed by atoms with Crippen LogP contribution >= 0.6 is 0 Å². The Morgan fingerprint density at radius 1 is 1.14 bits per heavy atom. The number of fused-ring (bicyclic) bond motifs is 5. The smallest absolute Gasteiger partial charge is 0.312 e. The van der Waals surface area contributed by atoms with Crippen LogP contribution < -0.4 is 0 Å². The molecule has 1 saturated heterocycles. The highest BCUT2D eigenvalue weighted by Gasteiger charge is 2.61. The topological polar surface area (TPSA) is 43.4 Å². The van der Waals surface area contributed by atoms with Gasteiger partial charge in [0, 0.05) is 12.3 Å². The third-order valence-electron chi connectivity index (χ3n) is 7.09. The quantitative estimate of drug-likeness (QED) is 0.642. The summed E-state index contributed by atoms with van der Waals surface area (Å²) in [5, 5.41) is 0. The van der Waals surface area contributed by atoms with Gasteiger partial charge in [-0.25, -0.2) is 0 Å². The van der Waals surface area contributed by atoms with Crippen LogP contribution in [-0.4, -0.2) is 18.4 Å². The molecule has 3 nitrogen and oxygen atoms in total. The van der Waals surface area contributed by atoms with Crippen molar-refractivity contribution in [2.45, 2.75) is 52.4 Å². The van der Waals surface area contributed by atoms with E-state index in [1.54, 1.807) is 0 Å². The first-order valence-corrected chi connectivity index (χ1v) is 8.38. The molecular formula is C18H24O3. The zero-order valence-corrected chi connectivity index (χ0v) is 13.0. The Balaban J connectivity index is 1.75. The van der Waals surface area contributed by atoms with Crippen LogP contribution in [0.1, 0.15) is 52.4 Å². The van der Waals surface area contributed by atoms with Crippen LogP contribution in [-0.2, 0) is 14.3 Å². The van der Waals surface area contributed by atoms with Crippen LogP contribution in [0, 0.1) is 28.6 Å². The van der Waals surface area contributed by atoms with Crippen molar-refractivity contribution < 1.29 is 14.3 Å². The van der Waals surface area contributed by atoms with Gasteiger partial charge < -0.3 is 4.74 Å². The van der Waals surface area contributed by atoms with E-state index in [-0.39, 0.29) is 22.7 Å². The van der Waals surface area contributed by atoms with E-state index in [2.05, 4.69) is 19.9 Å². The summed E-state index contributed by atoms with van der Waals surface area (Å²) >= 11 is 0. The van der Waals surface area contributed by atoms with Gasteiger partial charge in [0.1, 0.15) is 0 Å². The predicted molar refractivity (Wildman–Crippen MR) is 78.4 cm³/mol. The minimum atomic E-state index is -0.340. The summed E-state index contributed by atoms with van der Waals surface area (Å²) in [4.78, 5) is 24.8. The molecule has 1 aliphatic heterocycles. The van der Waals surface area contributed by atoms with E-state index in [9.17, 15) is 9.59 Å². The second-order valence-electron chi connectivity index (χ2n) is 7.99. The molecule has 5 atom stereocenters. The average Bonchev–Trinajstić information content (AvgIpc) is 2.75. The normalized spacial score (nSPS) is 48.9. The molecule has 0 radical (unpaired) electrons. The molecule has 0 aromatic heterocycles. The van der Waals surface area contributed by atoms with Crippen LogP contribution in [0.2, 0.25) is 0 Å². The van der Waals surface area contributed by atoms with Crippen LogP contribution in [0.4, 0.5) is 0 Å². The molecule has 0 spiro atoms. The Labute approximate surface area is 126 Å². The van der Waals surface area contributed by atoms with Crippen molar-refractivity contribution in [1.82, 2.24) is 0 Å². The maximum absolute atomic E-state index is 12.7. The van der Waals surface area contributed by atoms with Gasteiger partial charge in [-0.15, -0.1) is 0 Å². The molecular weight excluding hydrogens is 264 g/mol. The number of carbonyl (C=O) groups is 2. The molecule has 4 aliphatic rings. The predicted octanol–water partition coefficient (Wildman–Crippen LogP) is 3.28. The molecule has 3 aliphatic carbocycles. The zero-order valence-electron chi connectivity index (χ0n) is 13.0. The van der Waals surface area contributed by atoms with Gasteiger partial charge in [0.25, 0.3) is 0 Å². The molecule has 4 rings (SSSR count). The van der Waals surface area contributed by atoms with Gasteiger partial charge in [0.15, 0.2) is 5.78 Å². The van der Waals surface area contributed by atoms with Crippen LogP contribution in [0.5, 0.6) is 0 Å². The number of carbonyl (C=O) groups excluding carboxylic acids is 2. The molecule has 0 bridgehead atoms. The van der Waals surface area contributed by atoms with E-state index in [0.717, 1.165) is 31.3 Å². The third-order valence-corrected chi connectivity index (χ3v) is 7.09. The highest BCUT2D eigenvalue weighted by Crippen LogP contribution is 2.62. The number of esters is 1. The van der Waals surface area contributed by atoms with E-state index in [4.69, 9.17) is 4.74 Å². The van der Waals surface area contributed by atoms with Crippen molar-refractivity contribution in [1.29, 1.82) is 0 Å². The molecule has 3 fully saturated rings. The molecule has 3 heteroatoms. The maximum atomic E-state index is 12.7. The number of hydrogen-bond acceptors (Lipinski definition) is 3. The molecule has 0 amide bonds. The molecule has 114 valence electrons. The molecule has 1 heterocycles. The van der Waals surface area contributed by atoms with Gasteiger partial charge in [0.2, 0.25) is 0 Å². The fourth-order valence-electron chi connectivity index (χ4n) is 5.80. The first-order chi connectivity index (χ1) is 9.97. The van der Waals surface area contributed by atoms with Gasteiger partial charge in [-0.2, -0.15) is 0 Å². The highest BCUT2D eigenvalue weighted by molar-refractivity contribution is 5.98. The number of hydrogen-bond donors (Lipinski definition) is 0. The van der Waals surface area contributed by atoms with Crippen molar-refractivity contribution in [3.05, 3.63) is 11.6 Å². The van der Waals surface area contributed by atoms with Crippen molar-refractivity contribution in [3.63, 3.8) is 0 Å². The SMILES string of the molecule is C[C@]12CCCC=C1C(=O)C[C@@H]1[C@@H]2CC[C@]2(C)C(=O)OC[C@@H]12.